The fourth-order valence-electron chi connectivity index (χ4n) is 0.536. The molecule has 0 amide bonds. The zero-order valence-corrected chi connectivity index (χ0v) is 6.59. The molecule has 0 aliphatic heterocycles. The van der Waals surface area contributed by atoms with E-state index in [9.17, 15) is 4.79 Å². The lowest BCUT2D eigenvalue weighted by atomic mass is 10.3. The predicted molar refractivity (Wildman–Crippen MR) is 39.5 cm³/mol. The number of carbonyl (C=O) groups excluding carboxylic acids is 1. The lowest BCUT2D eigenvalue weighted by Crippen LogP contribution is -2.23. The third-order valence-corrected chi connectivity index (χ3v) is 1.12. The van der Waals surface area contributed by atoms with Crippen LogP contribution in [0.1, 0.15) is 26.7 Å². The van der Waals surface area contributed by atoms with Gasteiger partial charge in [-0.3, -0.25) is 4.79 Å². The Hall–Kier alpha value is -0.570. The molecule has 0 rings (SSSR count). The molecule has 1 unspecified atom stereocenters. The van der Waals surface area contributed by atoms with Gasteiger partial charge in [0.05, 0.1) is 0 Å². The standard InChI is InChI=1S/C7H15NO2/c1-3-4-7(9)10-6(2)5-8/h6H,3-5,8H2,1-2H3. The Balaban J connectivity index is 3.37. The minimum atomic E-state index is -0.152. The molecule has 3 nitrogen and oxygen atoms in total. The summed E-state index contributed by atoms with van der Waals surface area (Å²) < 4.78 is 4.88. The van der Waals surface area contributed by atoms with Gasteiger partial charge in [-0.25, -0.2) is 0 Å². The lowest BCUT2D eigenvalue weighted by Gasteiger charge is -2.09. The van der Waals surface area contributed by atoms with E-state index in [1.807, 2.05) is 6.92 Å². The molecule has 0 spiro atoms. The molecule has 0 aliphatic rings. The lowest BCUT2D eigenvalue weighted by molar-refractivity contribution is -0.147. The maximum absolute atomic E-state index is 10.7. The third-order valence-electron chi connectivity index (χ3n) is 1.12. The Labute approximate surface area is 61.5 Å². The molecule has 0 aromatic rings. The van der Waals surface area contributed by atoms with Crippen LogP contribution in [0.15, 0.2) is 0 Å². The molecule has 0 aliphatic carbocycles. The number of hydrogen-bond donors (Lipinski definition) is 1. The minimum absolute atomic E-state index is 0.140. The van der Waals surface area contributed by atoms with Crippen LogP contribution in [0.2, 0.25) is 0 Å². The fraction of sp³-hybridized carbons (Fsp3) is 0.857. The van der Waals surface area contributed by atoms with Crippen LogP contribution in [0.5, 0.6) is 0 Å². The smallest absolute Gasteiger partial charge is 0.306 e. The molecule has 0 fully saturated rings. The van der Waals surface area contributed by atoms with Crippen LogP contribution in [0.3, 0.4) is 0 Å². The van der Waals surface area contributed by atoms with Crippen LogP contribution < -0.4 is 5.73 Å². The van der Waals surface area contributed by atoms with Gasteiger partial charge in [-0.05, 0) is 13.3 Å². The van der Waals surface area contributed by atoms with Gasteiger partial charge in [0.25, 0.3) is 0 Å². The Morgan fingerprint density at radius 3 is 2.70 bits per heavy atom. The zero-order valence-electron chi connectivity index (χ0n) is 6.59. The van der Waals surface area contributed by atoms with E-state index in [1.54, 1.807) is 6.92 Å². The highest BCUT2D eigenvalue weighted by atomic mass is 16.5. The topological polar surface area (TPSA) is 52.3 Å². The Morgan fingerprint density at radius 2 is 2.30 bits per heavy atom. The Kier molecular flexibility index (Phi) is 4.94. The molecule has 60 valence electrons. The maximum atomic E-state index is 10.7. The molecule has 0 aromatic carbocycles. The van der Waals surface area contributed by atoms with E-state index >= 15 is 0 Å². The second kappa shape index (κ2) is 5.23. The molecular weight excluding hydrogens is 130 g/mol. The molecule has 1 atom stereocenters. The molecule has 10 heavy (non-hydrogen) atoms. The largest absolute Gasteiger partial charge is 0.461 e. The van der Waals surface area contributed by atoms with Gasteiger partial charge in [-0.15, -0.1) is 0 Å². The van der Waals surface area contributed by atoms with Crippen molar-refractivity contribution in [2.24, 2.45) is 5.73 Å². The highest BCUT2D eigenvalue weighted by molar-refractivity contribution is 5.69. The van der Waals surface area contributed by atoms with E-state index < -0.39 is 0 Å². The van der Waals surface area contributed by atoms with Gasteiger partial charge in [-0.1, -0.05) is 6.92 Å². The van der Waals surface area contributed by atoms with Crippen molar-refractivity contribution in [3.05, 3.63) is 0 Å². The summed E-state index contributed by atoms with van der Waals surface area (Å²) in [6.45, 7) is 4.12. The van der Waals surface area contributed by atoms with E-state index in [4.69, 9.17) is 10.5 Å². The molecule has 0 radical (unpaired) electrons. The molecule has 0 bridgehead atoms. The van der Waals surface area contributed by atoms with Gasteiger partial charge < -0.3 is 10.5 Å². The quantitative estimate of drug-likeness (QED) is 0.592. The summed E-state index contributed by atoms with van der Waals surface area (Å²) in [4.78, 5) is 10.7. The monoisotopic (exact) mass is 145 g/mol. The minimum Gasteiger partial charge on any atom is -0.461 e. The number of rotatable bonds is 4. The maximum Gasteiger partial charge on any atom is 0.306 e. The predicted octanol–water partition coefficient (Wildman–Crippen LogP) is 0.677. The molecule has 2 N–H and O–H groups in total. The Morgan fingerprint density at radius 1 is 1.70 bits per heavy atom. The number of hydrogen-bond acceptors (Lipinski definition) is 3. The van der Waals surface area contributed by atoms with Crippen LogP contribution in [0, 0.1) is 0 Å². The summed E-state index contributed by atoms with van der Waals surface area (Å²) in [5, 5.41) is 0. The summed E-state index contributed by atoms with van der Waals surface area (Å²) in [6, 6.07) is 0. The van der Waals surface area contributed by atoms with Gasteiger partial charge in [0.15, 0.2) is 0 Å². The van der Waals surface area contributed by atoms with Crippen molar-refractivity contribution in [1.82, 2.24) is 0 Å². The van der Waals surface area contributed by atoms with Crippen molar-refractivity contribution in [1.29, 1.82) is 0 Å². The Bertz CT molecular complexity index is 104. The first-order valence-corrected chi connectivity index (χ1v) is 3.60. The number of ether oxygens (including phenoxy) is 1. The molecular formula is C7H15NO2. The van der Waals surface area contributed by atoms with E-state index in [2.05, 4.69) is 0 Å². The third kappa shape index (κ3) is 4.32. The van der Waals surface area contributed by atoms with Crippen LogP contribution in [-0.4, -0.2) is 18.6 Å². The van der Waals surface area contributed by atoms with Gasteiger partial charge >= 0.3 is 5.97 Å². The van der Waals surface area contributed by atoms with E-state index in [1.165, 1.54) is 0 Å². The second-order valence-corrected chi connectivity index (χ2v) is 2.29. The van der Waals surface area contributed by atoms with Crippen molar-refractivity contribution in [3.63, 3.8) is 0 Å². The van der Waals surface area contributed by atoms with Crippen LogP contribution in [-0.2, 0) is 9.53 Å². The van der Waals surface area contributed by atoms with Crippen molar-refractivity contribution < 1.29 is 9.53 Å². The second-order valence-electron chi connectivity index (χ2n) is 2.29. The number of carbonyl (C=O) groups is 1. The summed E-state index contributed by atoms with van der Waals surface area (Å²) in [5.74, 6) is -0.152. The molecule has 0 saturated heterocycles. The van der Waals surface area contributed by atoms with Gasteiger partial charge in [-0.2, -0.15) is 0 Å². The first-order valence-electron chi connectivity index (χ1n) is 3.60. The van der Waals surface area contributed by atoms with E-state index in [0.29, 0.717) is 13.0 Å². The molecule has 0 aromatic heterocycles. The number of nitrogens with two attached hydrogens (primary N) is 1. The molecule has 0 saturated carbocycles. The summed E-state index contributed by atoms with van der Waals surface area (Å²) in [6.07, 6.45) is 1.18. The van der Waals surface area contributed by atoms with E-state index in [-0.39, 0.29) is 12.1 Å². The highest BCUT2D eigenvalue weighted by Gasteiger charge is 2.04. The average Bonchev–Trinajstić information content (AvgIpc) is 1.88. The van der Waals surface area contributed by atoms with Crippen LogP contribution >= 0.6 is 0 Å². The fourth-order valence-corrected chi connectivity index (χ4v) is 0.536. The zero-order chi connectivity index (χ0) is 7.98. The first kappa shape index (κ1) is 9.43. The van der Waals surface area contributed by atoms with Crippen molar-refractivity contribution in [2.45, 2.75) is 32.8 Å². The van der Waals surface area contributed by atoms with Crippen molar-refractivity contribution in [2.75, 3.05) is 6.54 Å². The first-order chi connectivity index (χ1) is 4.70. The molecule has 0 heterocycles. The van der Waals surface area contributed by atoms with Gasteiger partial charge in [0.2, 0.25) is 0 Å². The highest BCUT2D eigenvalue weighted by Crippen LogP contribution is 1.94. The summed E-state index contributed by atoms with van der Waals surface area (Å²) >= 11 is 0. The van der Waals surface area contributed by atoms with Crippen LogP contribution in [0.25, 0.3) is 0 Å². The van der Waals surface area contributed by atoms with Gasteiger partial charge in [0.1, 0.15) is 6.10 Å². The average molecular weight is 145 g/mol. The van der Waals surface area contributed by atoms with Crippen LogP contribution in [0.4, 0.5) is 0 Å². The van der Waals surface area contributed by atoms with Crippen molar-refractivity contribution in [3.8, 4) is 0 Å². The number of esters is 1. The summed E-state index contributed by atoms with van der Waals surface area (Å²) in [5.41, 5.74) is 5.24. The molecule has 3 heteroatoms. The normalized spacial score (nSPS) is 12.7. The van der Waals surface area contributed by atoms with Crippen molar-refractivity contribution >= 4 is 5.97 Å². The SMILES string of the molecule is CCCC(=O)OC(C)CN. The summed E-state index contributed by atoms with van der Waals surface area (Å²) in [7, 11) is 0. The van der Waals surface area contributed by atoms with E-state index in [0.717, 1.165) is 6.42 Å². The van der Waals surface area contributed by atoms with Gasteiger partial charge in [0, 0.05) is 13.0 Å².